The van der Waals surface area contributed by atoms with Crippen molar-refractivity contribution in [3.63, 3.8) is 0 Å². The standard InChI is InChI=1S/C12H15N3OS/c1-8-5-9(2)15-12(14-8)17-7-11-4-3-10(6-13)16-11/h3-5H,6-7,13H2,1-2H3. The second kappa shape index (κ2) is 5.33. The summed E-state index contributed by atoms with van der Waals surface area (Å²) in [5.41, 5.74) is 7.46. The third-order valence-corrected chi connectivity index (χ3v) is 3.09. The SMILES string of the molecule is Cc1cc(C)nc(SCc2ccc(CN)o2)n1. The molecule has 90 valence electrons. The molecule has 0 atom stereocenters. The van der Waals surface area contributed by atoms with Crippen LogP contribution in [0.25, 0.3) is 0 Å². The number of nitrogens with zero attached hydrogens (tertiary/aromatic N) is 2. The number of rotatable bonds is 4. The molecule has 2 aromatic heterocycles. The van der Waals surface area contributed by atoms with Gasteiger partial charge in [-0.1, -0.05) is 11.8 Å². The maximum atomic E-state index is 5.51. The predicted octanol–water partition coefficient (Wildman–Crippen LogP) is 2.44. The smallest absolute Gasteiger partial charge is 0.188 e. The minimum Gasteiger partial charge on any atom is -0.464 e. The fourth-order valence-corrected chi connectivity index (χ4v) is 2.35. The molecule has 2 heterocycles. The van der Waals surface area contributed by atoms with Gasteiger partial charge in [0.15, 0.2) is 5.16 Å². The monoisotopic (exact) mass is 249 g/mol. The summed E-state index contributed by atoms with van der Waals surface area (Å²) in [5.74, 6) is 2.43. The zero-order chi connectivity index (χ0) is 12.3. The number of aryl methyl sites for hydroxylation is 2. The first-order chi connectivity index (χ1) is 8.17. The molecule has 0 aliphatic carbocycles. The van der Waals surface area contributed by atoms with E-state index >= 15 is 0 Å². The molecule has 0 aliphatic rings. The van der Waals surface area contributed by atoms with Gasteiger partial charge in [-0.2, -0.15) is 0 Å². The van der Waals surface area contributed by atoms with Gasteiger partial charge in [-0.05, 0) is 32.0 Å². The van der Waals surface area contributed by atoms with E-state index in [-0.39, 0.29) is 0 Å². The van der Waals surface area contributed by atoms with E-state index in [9.17, 15) is 0 Å². The van der Waals surface area contributed by atoms with E-state index < -0.39 is 0 Å². The Hall–Kier alpha value is -1.33. The van der Waals surface area contributed by atoms with Crippen molar-refractivity contribution in [2.75, 3.05) is 0 Å². The summed E-state index contributed by atoms with van der Waals surface area (Å²) >= 11 is 1.57. The lowest BCUT2D eigenvalue weighted by Crippen LogP contribution is -1.93. The van der Waals surface area contributed by atoms with Crippen LogP contribution in [0.3, 0.4) is 0 Å². The van der Waals surface area contributed by atoms with Crippen LogP contribution in [0.15, 0.2) is 27.8 Å². The van der Waals surface area contributed by atoms with Crippen molar-refractivity contribution in [1.82, 2.24) is 9.97 Å². The normalized spacial score (nSPS) is 10.8. The quantitative estimate of drug-likeness (QED) is 0.666. The molecule has 0 aliphatic heterocycles. The van der Waals surface area contributed by atoms with E-state index in [0.717, 1.165) is 33.8 Å². The molecule has 2 N–H and O–H groups in total. The highest BCUT2D eigenvalue weighted by Gasteiger charge is 2.04. The van der Waals surface area contributed by atoms with Crippen molar-refractivity contribution < 1.29 is 4.42 Å². The predicted molar refractivity (Wildman–Crippen MR) is 67.7 cm³/mol. The summed E-state index contributed by atoms with van der Waals surface area (Å²) in [4.78, 5) is 8.72. The Morgan fingerprint density at radius 2 is 1.82 bits per heavy atom. The molecule has 2 aromatic rings. The number of hydrogen-bond acceptors (Lipinski definition) is 5. The van der Waals surface area contributed by atoms with Gasteiger partial charge < -0.3 is 10.2 Å². The number of aromatic nitrogens is 2. The maximum absolute atomic E-state index is 5.51. The lowest BCUT2D eigenvalue weighted by Gasteiger charge is -2.01. The van der Waals surface area contributed by atoms with Gasteiger partial charge in [0.05, 0.1) is 12.3 Å². The summed E-state index contributed by atoms with van der Waals surface area (Å²) < 4.78 is 5.51. The topological polar surface area (TPSA) is 64.9 Å². The van der Waals surface area contributed by atoms with Gasteiger partial charge in [0, 0.05) is 11.4 Å². The highest BCUT2D eigenvalue weighted by molar-refractivity contribution is 7.98. The Morgan fingerprint density at radius 3 is 2.41 bits per heavy atom. The van der Waals surface area contributed by atoms with E-state index in [0.29, 0.717) is 6.54 Å². The molecule has 0 saturated heterocycles. The number of furan rings is 1. The summed E-state index contributed by atoms with van der Waals surface area (Å²) in [6, 6.07) is 5.81. The molecule has 0 bridgehead atoms. The van der Waals surface area contributed by atoms with Gasteiger partial charge in [-0.3, -0.25) is 0 Å². The second-order valence-corrected chi connectivity index (χ2v) is 4.74. The van der Waals surface area contributed by atoms with Gasteiger partial charge in [-0.25, -0.2) is 9.97 Å². The van der Waals surface area contributed by atoms with E-state index in [2.05, 4.69) is 9.97 Å². The van der Waals surface area contributed by atoms with Crippen LogP contribution in [0.1, 0.15) is 22.9 Å². The van der Waals surface area contributed by atoms with Crippen LogP contribution in [-0.4, -0.2) is 9.97 Å². The number of nitrogens with two attached hydrogens (primary N) is 1. The fourth-order valence-electron chi connectivity index (χ4n) is 1.50. The number of thioether (sulfide) groups is 1. The summed E-state index contributed by atoms with van der Waals surface area (Å²) in [7, 11) is 0. The molecule has 2 rings (SSSR count). The van der Waals surface area contributed by atoms with Crippen LogP contribution >= 0.6 is 11.8 Å². The van der Waals surface area contributed by atoms with Crippen LogP contribution in [-0.2, 0) is 12.3 Å². The summed E-state index contributed by atoms with van der Waals surface area (Å²) in [6.45, 7) is 4.38. The van der Waals surface area contributed by atoms with Crippen molar-refractivity contribution in [1.29, 1.82) is 0 Å². The van der Waals surface area contributed by atoms with Gasteiger partial charge in [0.1, 0.15) is 11.5 Å². The third kappa shape index (κ3) is 3.31. The summed E-state index contributed by atoms with van der Waals surface area (Å²) in [6.07, 6.45) is 0. The highest BCUT2D eigenvalue weighted by atomic mass is 32.2. The van der Waals surface area contributed by atoms with Crippen LogP contribution in [0, 0.1) is 13.8 Å². The first-order valence-electron chi connectivity index (χ1n) is 5.40. The maximum Gasteiger partial charge on any atom is 0.188 e. The minimum atomic E-state index is 0.435. The molecule has 0 aromatic carbocycles. The molecular weight excluding hydrogens is 234 g/mol. The number of hydrogen-bond donors (Lipinski definition) is 1. The van der Waals surface area contributed by atoms with Crippen molar-refractivity contribution in [2.24, 2.45) is 5.73 Å². The molecule has 17 heavy (non-hydrogen) atoms. The Labute approximate surface area is 105 Å². The molecule has 5 heteroatoms. The van der Waals surface area contributed by atoms with Crippen LogP contribution in [0.2, 0.25) is 0 Å². The van der Waals surface area contributed by atoms with Crippen LogP contribution in [0.5, 0.6) is 0 Å². The average Bonchev–Trinajstić information content (AvgIpc) is 2.73. The lowest BCUT2D eigenvalue weighted by molar-refractivity contribution is 0.482. The molecule has 0 spiro atoms. The minimum absolute atomic E-state index is 0.435. The van der Waals surface area contributed by atoms with Gasteiger partial charge >= 0.3 is 0 Å². The molecule has 0 radical (unpaired) electrons. The molecule has 0 saturated carbocycles. The van der Waals surface area contributed by atoms with E-state index in [1.807, 2.05) is 32.0 Å². The largest absolute Gasteiger partial charge is 0.464 e. The van der Waals surface area contributed by atoms with Crippen LogP contribution in [0.4, 0.5) is 0 Å². The van der Waals surface area contributed by atoms with Gasteiger partial charge in [0.2, 0.25) is 0 Å². The first kappa shape index (κ1) is 12.1. The zero-order valence-electron chi connectivity index (χ0n) is 9.93. The van der Waals surface area contributed by atoms with E-state index in [4.69, 9.17) is 10.2 Å². The molecular formula is C12H15N3OS. The molecule has 0 unspecified atom stereocenters. The van der Waals surface area contributed by atoms with Crippen LogP contribution < -0.4 is 5.73 Å². The second-order valence-electron chi connectivity index (χ2n) is 3.79. The summed E-state index contributed by atoms with van der Waals surface area (Å²) in [5, 5.41) is 0.785. The van der Waals surface area contributed by atoms with Crippen molar-refractivity contribution in [2.45, 2.75) is 31.3 Å². The third-order valence-electron chi connectivity index (χ3n) is 2.22. The Kier molecular flexibility index (Phi) is 3.81. The first-order valence-corrected chi connectivity index (χ1v) is 6.38. The van der Waals surface area contributed by atoms with Crippen molar-refractivity contribution >= 4 is 11.8 Å². The Bertz CT molecular complexity index is 490. The average molecular weight is 249 g/mol. The highest BCUT2D eigenvalue weighted by Crippen LogP contribution is 2.21. The van der Waals surface area contributed by atoms with E-state index in [1.165, 1.54) is 0 Å². The van der Waals surface area contributed by atoms with Gasteiger partial charge in [-0.15, -0.1) is 0 Å². The van der Waals surface area contributed by atoms with E-state index in [1.54, 1.807) is 11.8 Å². The van der Waals surface area contributed by atoms with Crippen molar-refractivity contribution in [3.05, 3.63) is 41.1 Å². The Morgan fingerprint density at radius 1 is 1.18 bits per heavy atom. The van der Waals surface area contributed by atoms with Gasteiger partial charge in [0.25, 0.3) is 0 Å². The Balaban J connectivity index is 2.01. The molecule has 0 amide bonds. The lowest BCUT2D eigenvalue weighted by atomic mass is 10.4. The fraction of sp³-hybridized carbons (Fsp3) is 0.333. The van der Waals surface area contributed by atoms with Crippen molar-refractivity contribution in [3.8, 4) is 0 Å². The molecule has 4 nitrogen and oxygen atoms in total. The molecule has 0 fully saturated rings. The zero-order valence-corrected chi connectivity index (χ0v) is 10.8.